The van der Waals surface area contributed by atoms with Crippen molar-refractivity contribution in [3.05, 3.63) is 28.0 Å². The lowest BCUT2D eigenvalue weighted by molar-refractivity contribution is -0.121. The number of carbonyl (C=O) groups is 3. The lowest BCUT2D eigenvalue weighted by atomic mass is 10.1. The van der Waals surface area contributed by atoms with Gasteiger partial charge in [0, 0.05) is 23.5 Å². The first-order chi connectivity index (χ1) is 9.81. The Morgan fingerprint density at radius 3 is 2.67 bits per heavy atom. The van der Waals surface area contributed by atoms with Crippen molar-refractivity contribution < 1.29 is 18.8 Å². The van der Waals surface area contributed by atoms with E-state index in [1.165, 1.54) is 11.0 Å². The van der Waals surface area contributed by atoms with Crippen molar-refractivity contribution in [2.24, 2.45) is 0 Å². The van der Waals surface area contributed by atoms with Crippen LogP contribution in [0.1, 0.15) is 30.6 Å². The zero-order valence-electron chi connectivity index (χ0n) is 11.6. The van der Waals surface area contributed by atoms with E-state index in [1.807, 2.05) is 13.8 Å². The number of nitrogens with zero attached hydrogens (tertiary/aromatic N) is 1. The van der Waals surface area contributed by atoms with Gasteiger partial charge in [-0.3, -0.25) is 14.4 Å². The number of ketones is 1. The molecule has 1 heterocycles. The van der Waals surface area contributed by atoms with E-state index < -0.39 is 17.5 Å². The van der Waals surface area contributed by atoms with Crippen LogP contribution in [0.15, 0.2) is 16.6 Å². The molecule has 7 heteroatoms. The predicted octanol–water partition coefficient (Wildman–Crippen LogP) is 2.03. The molecule has 0 atom stereocenters. The lowest BCUT2D eigenvalue weighted by Gasteiger charge is -2.18. The van der Waals surface area contributed by atoms with Gasteiger partial charge in [-0.05, 0) is 41.9 Å². The highest BCUT2D eigenvalue weighted by molar-refractivity contribution is 9.10. The Morgan fingerprint density at radius 2 is 2.05 bits per heavy atom. The van der Waals surface area contributed by atoms with E-state index in [9.17, 15) is 18.8 Å². The maximum Gasteiger partial charge on any atom is 0.299 e. The number of carbonyl (C=O) groups excluding carboxylic acids is 3. The number of rotatable bonds is 4. The normalized spacial score (nSPS) is 13.9. The number of hydrogen-bond acceptors (Lipinski definition) is 3. The first kappa shape index (κ1) is 15.6. The van der Waals surface area contributed by atoms with Gasteiger partial charge in [-0.25, -0.2) is 4.39 Å². The van der Waals surface area contributed by atoms with Crippen LogP contribution >= 0.6 is 15.9 Å². The molecule has 0 spiro atoms. The van der Waals surface area contributed by atoms with Crippen molar-refractivity contribution >= 4 is 39.2 Å². The molecule has 5 nitrogen and oxygen atoms in total. The van der Waals surface area contributed by atoms with E-state index in [0.29, 0.717) is 10.2 Å². The molecular weight excluding hydrogens is 343 g/mol. The summed E-state index contributed by atoms with van der Waals surface area (Å²) in [5.74, 6) is -2.30. The Morgan fingerprint density at radius 1 is 1.38 bits per heavy atom. The predicted molar refractivity (Wildman–Crippen MR) is 78.7 cm³/mol. The SMILES string of the molecule is CC(C)NC(=O)CCN1C(=O)C(=O)c2cc(F)cc(Br)c21. The highest BCUT2D eigenvalue weighted by atomic mass is 79.9. The van der Waals surface area contributed by atoms with Gasteiger partial charge in [0.25, 0.3) is 11.7 Å². The quantitative estimate of drug-likeness (QED) is 0.839. The molecule has 0 aliphatic carbocycles. The summed E-state index contributed by atoms with van der Waals surface area (Å²) in [7, 11) is 0. The number of Topliss-reactive ketones (excluding diaryl/α,β-unsaturated/α-hetero) is 1. The van der Waals surface area contributed by atoms with Crippen molar-refractivity contribution in [2.45, 2.75) is 26.3 Å². The monoisotopic (exact) mass is 356 g/mol. The summed E-state index contributed by atoms with van der Waals surface area (Å²) in [5.41, 5.74) is 0.347. The third kappa shape index (κ3) is 3.12. The zero-order chi connectivity index (χ0) is 15.7. The minimum Gasteiger partial charge on any atom is -0.354 e. The molecule has 2 amide bonds. The first-order valence-electron chi connectivity index (χ1n) is 6.46. The van der Waals surface area contributed by atoms with Crippen LogP contribution in [-0.2, 0) is 9.59 Å². The minimum absolute atomic E-state index is 0.00142. The van der Waals surface area contributed by atoms with Crippen LogP contribution in [0.3, 0.4) is 0 Å². The van der Waals surface area contributed by atoms with Crippen molar-refractivity contribution in [1.82, 2.24) is 5.32 Å². The number of anilines is 1. The molecule has 0 bridgehead atoms. The fourth-order valence-corrected chi connectivity index (χ4v) is 2.82. The smallest absolute Gasteiger partial charge is 0.299 e. The average molecular weight is 357 g/mol. The lowest BCUT2D eigenvalue weighted by Crippen LogP contribution is -2.36. The Bertz CT molecular complexity index is 631. The molecular formula is C14H14BrFN2O3. The summed E-state index contributed by atoms with van der Waals surface area (Å²) in [6.07, 6.45) is 0.0699. The number of fused-ring (bicyclic) bond motifs is 1. The van der Waals surface area contributed by atoms with Crippen molar-refractivity contribution in [3.63, 3.8) is 0 Å². The van der Waals surface area contributed by atoms with E-state index in [4.69, 9.17) is 0 Å². The van der Waals surface area contributed by atoms with E-state index in [1.54, 1.807) is 0 Å². The van der Waals surface area contributed by atoms with Crippen molar-refractivity contribution in [1.29, 1.82) is 0 Å². The largest absolute Gasteiger partial charge is 0.354 e. The number of hydrogen-bond donors (Lipinski definition) is 1. The van der Waals surface area contributed by atoms with Crippen LogP contribution in [0.25, 0.3) is 0 Å². The van der Waals surface area contributed by atoms with Gasteiger partial charge in [0.15, 0.2) is 0 Å². The summed E-state index contributed by atoms with van der Waals surface area (Å²) in [6.45, 7) is 3.73. The van der Waals surface area contributed by atoms with E-state index >= 15 is 0 Å². The molecule has 1 aromatic carbocycles. The average Bonchev–Trinajstić information content (AvgIpc) is 2.60. The van der Waals surface area contributed by atoms with Gasteiger partial charge >= 0.3 is 0 Å². The molecule has 0 fully saturated rings. The van der Waals surface area contributed by atoms with Gasteiger partial charge in [-0.1, -0.05) is 0 Å². The van der Waals surface area contributed by atoms with Gasteiger partial charge in [-0.15, -0.1) is 0 Å². The molecule has 1 aromatic rings. The number of benzene rings is 1. The second-order valence-corrected chi connectivity index (χ2v) is 5.90. The second kappa shape index (κ2) is 5.93. The molecule has 1 N–H and O–H groups in total. The standard InChI is InChI=1S/C14H14BrFN2O3/c1-7(2)17-11(19)3-4-18-12-9(13(20)14(18)21)5-8(16)6-10(12)15/h5-7H,3-4H2,1-2H3,(H,17,19). The number of nitrogens with one attached hydrogen (secondary N) is 1. The van der Waals surface area contributed by atoms with Gasteiger partial charge < -0.3 is 10.2 Å². The molecule has 0 radical (unpaired) electrons. The summed E-state index contributed by atoms with van der Waals surface area (Å²) in [6, 6.07) is 2.22. The molecule has 1 aliphatic rings. The Hall–Kier alpha value is -1.76. The fraction of sp³-hybridized carbons (Fsp3) is 0.357. The van der Waals surface area contributed by atoms with Crippen molar-refractivity contribution in [2.75, 3.05) is 11.4 Å². The topological polar surface area (TPSA) is 66.5 Å². The molecule has 0 aromatic heterocycles. The van der Waals surface area contributed by atoms with E-state index in [0.717, 1.165) is 6.07 Å². The summed E-state index contributed by atoms with van der Waals surface area (Å²) in [4.78, 5) is 36.7. The van der Waals surface area contributed by atoms with E-state index in [-0.39, 0.29) is 30.5 Å². The summed E-state index contributed by atoms with van der Waals surface area (Å²) < 4.78 is 13.7. The first-order valence-corrected chi connectivity index (χ1v) is 7.25. The highest BCUT2D eigenvalue weighted by Gasteiger charge is 2.37. The van der Waals surface area contributed by atoms with Gasteiger partial charge in [0.1, 0.15) is 5.82 Å². The van der Waals surface area contributed by atoms with Crippen LogP contribution in [0.5, 0.6) is 0 Å². The Kier molecular flexibility index (Phi) is 4.41. The molecule has 21 heavy (non-hydrogen) atoms. The Balaban J connectivity index is 2.21. The third-order valence-corrected chi connectivity index (χ3v) is 3.60. The second-order valence-electron chi connectivity index (χ2n) is 5.04. The van der Waals surface area contributed by atoms with Gasteiger partial charge in [-0.2, -0.15) is 0 Å². The highest BCUT2D eigenvalue weighted by Crippen LogP contribution is 2.36. The molecule has 0 saturated carbocycles. The molecule has 2 rings (SSSR count). The van der Waals surface area contributed by atoms with Crippen LogP contribution in [0.4, 0.5) is 10.1 Å². The summed E-state index contributed by atoms with van der Waals surface area (Å²) >= 11 is 3.15. The maximum atomic E-state index is 13.3. The number of halogens is 2. The minimum atomic E-state index is -0.755. The zero-order valence-corrected chi connectivity index (χ0v) is 13.2. The van der Waals surface area contributed by atoms with Crippen LogP contribution < -0.4 is 10.2 Å². The van der Waals surface area contributed by atoms with Gasteiger partial charge in [0.2, 0.25) is 5.91 Å². The molecule has 1 aliphatic heterocycles. The summed E-state index contributed by atoms with van der Waals surface area (Å²) in [5, 5.41) is 2.71. The van der Waals surface area contributed by atoms with Crippen LogP contribution in [-0.4, -0.2) is 30.2 Å². The molecule has 0 unspecified atom stereocenters. The van der Waals surface area contributed by atoms with Crippen LogP contribution in [0, 0.1) is 5.82 Å². The molecule has 112 valence electrons. The Labute approximate surface area is 129 Å². The van der Waals surface area contributed by atoms with Crippen molar-refractivity contribution in [3.8, 4) is 0 Å². The van der Waals surface area contributed by atoms with Gasteiger partial charge in [0.05, 0.1) is 11.3 Å². The number of amides is 2. The van der Waals surface area contributed by atoms with E-state index in [2.05, 4.69) is 21.2 Å². The molecule has 0 saturated heterocycles. The maximum absolute atomic E-state index is 13.3. The third-order valence-electron chi connectivity index (χ3n) is 2.99. The van der Waals surface area contributed by atoms with Crippen LogP contribution in [0.2, 0.25) is 0 Å². The fourth-order valence-electron chi connectivity index (χ4n) is 2.17.